The van der Waals surface area contributed by atoms with Crippen LogP contribution >= 0.6 is 0 Å². The molecule has 0 spiro atoms. The van der Waals surface area contributed by atoms with Crippen molar-refractivity contribution in [3.8, 4) is 22.9 Å². The highest BCUT2D eigenvalue weighted by Crippen LogP contribution is 2.33. The summed E-state index contributed by atoms with van der Waals surface area (Å²) >= 11 is 0. The van der Waals surface area contributed by atoms with Gasteiger partial charge in [0.25, 0.3) is 5.88 Å². The average Bonchev–Trinajstić information content (AvgIpc) is 3.44. The molecule has 1 atom stereocenters. The first-order chi connectivity index (χ1) is 16.0. The summed E-state index contributed by atoms with van der Waals surface area (Å²) in [7, 11) is 2.16. The normalized spacial score (nSPS) is 19.8. The van der Waals surface area contributed by atoms with Crippen molar-refractivity contribution in [2.75, 3.05) is 37.3 Å². The Balaban J connectivity index is 1.38. The largest absolute Gasteiger partial charge is 0.433 e. The molecular weight excluding hydrogens is 414 g/mol. The SMILES string of the molecule is Cc1cc(-c2cnc(N)c(Oc3cnn(C4CCN(C)CC4)c3)n2)cc(N2CCC[C@H]2C)c1. The molecule has 1 aromatic carbocycles. The Morgan fingerprint density at radius 3 is 2.64 bits per heavy atom. The topological polar surface area (TPSA) is 85.3 Å². The van der Waals surface area contributed by atoms with E-state index < -0.39 is 0 Å². The molecule has 0 saturated carbocycles. The van der Waals surface area contributed by atoms with Gasteiger partial charge in [0.1, 0.15) is 0 Å². The van der Waals surface area contributed by atoms with Crippen molar-refractivity contribution in [3.63, 3.8) is 0 Å². The van der Waals surface area contributed by atoms with Crippen molar-refractivity contribution >= 4 is 11.5 Å². The summed E-state index contributed by atoms with van der Waals surface area (Å²) in [5, 5.41) is 4.52. The molecule has 2 fully saturated rings. The van der Waals surface area contributed by atoms with Crippen LogP contribution in [0.5, 0.6) is 11.6 Å². The molecule has 2 aromatic heterocycles. The van der Waals surface area contributed by atoms with Crippen molar-refractivity contribution in [1.29, 1.82) is 0 Å². The van der Waals surface area contributed by atoms with Crippen molar-refractivity contribution in [3.05, 3.63) is 42.4 Å². The Hall–Kier alpha value is -3.13. The second-order valence-electron chi connectivity index (χ2n) is 9.48. The molecule has 0 amide bonds. The number of nitrogens with zero attached hydrogens (tertiary/aromatic N) is 6. The highest BCUT2D eigenvalue weighted by Gasteiger charge is 2.22. The average molecular weight is 448 g/mol. The number of hydrogen-bond acceptors (Lipinski definition) is 7. The zero-order valence-corrected chi connectivity index (χ0v) is 19.7. The minimum absolute atomic E-state index is 0.270. The summed E-state index contributed by atoms with van der Waals surface area (Å²) in [5.41, 5.74) is 10.3. The van der Waals surface area contributed by atoms with E-state index in [2.05, 4.69) is 59.0 Å². The van der Waals surface area contributed by atoms with Gasteiger partial charge in [0.2, 0.25) is 0 Å². The first kappa shape index (κ1) is 21.7. The van der Waals surface area contributed by atoms with Gasteiger partial charge in [0.15, 0.2) is 11.6 Å². The summed E-state index contributed by atoms with van der Waals surface area (Å²) in [5.74, 6) is 1.21. The Morgan fingerprint density at radius 2 is 1.88 bits per heavy atom. The number of likely N-dealkylation sites (tertiary alicyclic amines) is 1. The lowest BCUT2D eigenvalue weighted by Crippen LogP contribution is -2.31. The molecule has 2 aliphatic rings. The molecule has 0 radical (unpaired) electrons. The molecule has 33 heavy (non-hydrogen) atoms. The zero-order chi connectivity index (χ0) is 22.9. The van der Waals surface area contributed by atoms with Gasteiger partial charge < -0.3 is 20.3 Å². The van der Waals surface area contributed by atoms with Crippen LogP contribution in [-0.2, 0) is 0 Å². The third kappa shape index (κ3) is 4.66. The molecule has 8 nitrogen and oxygen atoms in total. The van der Waals surface area contributed by atoms with Crippen LogP contribution in [0.25, 0.3) is 11.3 Å². The molecule has 2 aliphatic heterocycles. The number of aromatic nitrogens is 4. The third-order valence-electron chi connectivity index (χ3n) is 6.86. The number of hydrogen-bond donors (Lipinski definition) is 1. The van der Waals surface area contributed by atoms with Gasteiger partial charge in [-0.2, -0.15) is 5.10 Å². The monoisotopic (exact) mass is 447 g/mol. The quantitative estimate of drug-likeness (QED) is 0.625. The molecule has 5 rings (SSSR count). The van der Waals surface area contributed by atoms with E-state index in [1.54, 1.807) is 12.4 Å². The fraction of sp³-hybridized carbons (Fsp3) is 0.480. The van der Waals surface area contributed by atoms with E-state index in [-0.39, 0.29) is 5.82 Å². The van der Waals surface area contributed by atoms with Crippen LogP contribution in [0.1, 0.15) is 44.2 Å². The maximum Gasteiger partial charge on any atom is 0.263 e. The van der Waals surface area contributed by atoms with Crippen LogP contribution in [0.2, 0.25) is 0 Å². The Morgan fingerprint density at radius 1 is 1.06 bits per heavy atom. The van der Waals surface area contributed by atoms with Crippen LogP contribution < -0.4 is 15.4 Å². The lowest BCUT2D eigenvalue weighted by Gasteiger charge is -2.28. The summed E-state index contributed by atoms with van der Waals surface area (Å²) < 4.78 is 8.04. The smallest absolute Gasteiger partial charge is 0.263 e. The van der Waals surface area contributed by atoms with Crippen LogP contribution in [0.3, 0.4) is 0 Å². The van der Waals surface area contributed by atoms with Gasteiger partial charge in [0.05, 0.1) is 30.3 Å². The maximum atomic E-state index is 6.12. The lowest BCUT2D eigenvalue weighted by molar-refractivity contribution is 0.212. The van der Waals surface area contributed by atoms with Crippen molar-refractivity contribution in [2.24, 2.45) is 0 Å². The molecule has 3 aromatic rings. The van der Waals surface area contributed by atoms with E-state index >= 15 is 0 Å². The van der Waals surface area contributed by atoms with Crippen molar-refractivity contribution in [2.45, 2.75) is 51.6 Å². The van der Waals surface area contributed by atoms with Crippen LogP contribution in [0.4, 0.5) is 11.5 Å². The van der Waals surface area contributed by atoms with Gasteiger partial charge in [-0.05, 0) is 83.4 Å². The van der Waals surface area contributed by atoms with Gasteiger partial charge in [-0.3, -0.25) is 4.68 Å². The lowest BCUT2D eigenvalue weighted by atomic mass is 10.1. The Labute approximate surface area is 195 Å². The summed E-state index contributed by atoms with van der Waals surface area (Å²) in [6.45, 7) is 7.65. The predicted molar refractivity (Wildman–Crippen MR) is 131 cm³/mol. The van der Waals surface area contributed by atoms with E-state index in [4.69, 9.17) is 15.5 Å². The van der Waals surface area contributed by atoms with Gasteiger partial charge in [-0.25, -0.2) is 9.97 Å². The first-order valence-electron chi connectivity index (χ1n) is 11.9. The molecule has 2 saturated heterocycles. The predicted octanol–water partition coefficient (Wildman–Crippen LogP) is 4.28. The second-order valence-corrected chi connectivity index (χ2v) is 9.48. The number of piperidine rings is 1. The Bertz CT molecular complexity index is 1120. The number of aryl methyl sites for hydroxylation is 1. The summed E-state index contributed by atoms with van der Waals surface area (Å²) in [6.07, 6.45) is 10.0. The van der Waals surface area contributed by atoms with Crippen molar-refractivity contribution in [1.82, 2.24) is 24.6 Å². The minimum Gasteiger partial charge on any atom is -0.433 e. The minimum atomic E-state index is 0.270. The fourth-order valence-corrected chi connectivity index (χ4v) is 4.93. The highest BCUT2D eigenvalue weighted by molar-refractivity contribution is 5.68. The van der Waals surface area contributed by atoms with E-state index in [1.807, 2.05) is 10.9 Å². The van der Waals surface area contributed by atoms with Gasteiger partial charge in [0, 0.05) is 23.8 Å². The summed E-state index contributed by atoms with van der Waals surface area (Å²) in [4.78, 5) is 13.9. The first-order valence-corrected chi connectivity index (χ1v) is 11.9. The van der Waals surface area contributed by atoms with Gasteiger partial charge in [-0.1, -0.05) is 0 Å². The number of ether oxygens (including phenoxy) is 1. The molecule has 4 heterocycles. The van der Waals surface area contributed by atoms with E-state index in [0.717, 1.165) is 43.7 Å². The van der Waals surface area contributed by atoms with Crippen LogP contribution in [0.15, 0.2) is 36.8 Å². The van der Waals surface area contributed by atoms with Gasteiger partial charge in [-0.15, -0.1) is 0 Å². The number of anilines is 2. The van der Waals surface area contributed by atoms with E-state index in [1.165, 1.54) is 24.1 Å². The molecule has 0 unspecified atom stereocenters. The number of rotatable bonds is 5. The third-order valence-corrected chi connectivity index (χ3v) is 6.86. The van der Waals surface area contributed by atoms with E-state index in [0.29, 0.717) is 23.7 Å². The standard InChI is InChI=1S/C25H33N7O/c1-17-11-19(13-21(12-17)31-8-4-5-18(31)2)23-15-27-24(26)25(29-23)33-22-14-28-32(16-22)20-6-9-30(3)10-7-20/h11-16,18,20H,4-10H2,1-3H3,(H2,26,27)/t18-/m1/s1. The molecular formula is C25H33N7O. The van der Waals surface area contributed by atoms with Crippen LogP contribution in [0, 0.1) is 6.92 Å². The Kier molecular flexibility index (Phi) is 5.93. The second kappa shape index (κ2) is 9.02. The summed E-state index contributed by atoms with van der Waals surface area (Å²) in [6, 6.07) is 7.51. The highest BCUT2D eigenvalue weighted by atomic mass is 16.5. The maximum absolute atomic E-state index is 6.12. The van der Waals surface area contributed by atoms with Gasteiger partial charge >= 0.3 is 0 Å². The molecule has 0 bridgehead atoms. The molecule has 2 N–H and O–H groups in total. The fourth-order valence-electron chi connectivity index (χ4n) is 4.93. The van der Waals surface area contributed by atoms with Crippen LogP contribution in [-0.4, -0.2) is 57.4 Å². The zero-order valence-electron chi connectivity index (χ0n) is 19.7. The number of nitrogens with two attached hydrogens (primary N) is 1. The van der Waals surface area contributed by atoms with Crippen molar-refractivity contribution < 1.29 is 4.74 Å². The molecule has 0 aliphatic carbocycles. The number of nitrogen functional groups attached to an aromatic ring is 1. The molecule has 174 valence electrons. The van der Waals surface area contributed by atoms with E-state index in [9.17, 15) is 0 Å². The molecule has 8 heteroatoms. The number of benzene rings is 1.